The van der Waals surface area contributed by atoms with Crippen LogP contribution in [0, 0.1) is 16.9 Å². The van der Waals surface area contributed by atoms with Crippen molar-refractivity contribution in [1.82, 2.24) is 14.5 Å². The van der Waals surface area contributed by atoms with E-state index in [0.717, 1.165) is 16.6 Å². The summed E-state index contributed by atoms with van der Waals surface area (Å²) in [7, 11) is 1.89. The molecule has 41 heavy (non-hydrogen) atoms. The summed E-state index contributed by atoms with van der Waals surface area (Å²) in [6, 6.07) is 17.0. The molecule has 6 rings (SSSR count). The van der Waals surface area contributed by atoms with Crippen molar-refractivity contribution in [3.63, 3.8) is 0 Å². The van der Waals surface area contributed by atoms with Gasteiger partial charge in [-0.1, -0.05) is 47.7 Å². The summed E-state index contributed by atoms with van der Waals surface area (Å²) in [6.45, 7) is 0. The molecule has 5 aromatic rings. The van der Waals surface area contributed by atoms with Crippen molar-refractivity contribution in [2.75, 3.05) is 4.90 Å². The Balaban J connectivity index is 1.38. The minimum absolute atomic E-state index is 0.0658. The topological polar surface area (TPSA) is 88.3 Å². The van der Waals surface area contributed by atoms with Crippen molar-refractivity contribution in [3.8, 4) is 22.4 Å². The number of fused-ring (bicyclic) bond motifs is 1. The Hall–Kier alpha value is -4.44. The van der Waals surface area contributed by atoms with Crippen LogP contribution in [-0.2, 0) is 23.1 Å². The van der Waals surface area contributed by atoms with Crippen molar-refractivity contribution in [1.29, 1.82) is 0 Å². The summed E-state index contributed by atoms with van der Waals surface area (Å²) in [5.41, 5.74) is 3.03. The molecule has 0 radical (unpaired) electrons. The number of nitrogens with zero attached hydrogens (tertiary/aromatic N) is 4. The van der Waals surface area contributed by atoms with E-state index in [0.29, 0.717) is 35.3 Å². The molecule has 0 spiro atoms. The number of aromatic nitrogens is 3. The number of carbonyl (C=O) groups is 2. The first-order valence-electron chi connectivity index (χ1n) is 13.2. The summed E-state index contributed by atoms with van der Waals surface area (Å²) >= 11 is 0.711. The minimum Gasteiger partial charge on any atom is -0.481 e. The number of anilines is 1. The zero-order chi connectivity index (χ0) is 28.7. The molecule has 0 bridgehead atoms. The average molecular weight is 573 g/mol. The van der Waals surface area contributed by atoms with Gasteiger partial charge in [0.1, 0.15) is 17.2 Å². The van der Waals surface area contributed by atoms with Crippen molar-refractivity contribution in [3.05, 3.63) is 89.6 Å². The Labute approximate surface area is 238 Å². The second-order valence-electron chi connectivity index (χ2n) is 10.3. The summed E-state index contributed by atoms with van der Waals surface area (Å²) in [5.74, 6) is -2.89. The molecule has 0 saturated heterocycles. The molecule has 1 amide bonds. The third-order valence-electron chi connectivity index (χ3n) is 7.28. The maximum Gasteiger partial charge on any atom is 0.304 e. The van der Waals surface area contributed by atoms with E-state index in [1.165, 1.54) is 17.0 Å². The molecule has 208 valence electrons. The van der Waals surface area contributed by atoms with Crippen LogP contribution in [-0.4, -0.2) is 37.6 Å². The van der Waals surface area contributed by atoms with Gasteiger partial charge in [0.15, 0.2) is 5.13 Å². The monoisotopic (exact) mass is 572 g/mol. The molecule has 10 heteroatoms. The molecule has 1 atom stereocenters. The summed E-state index contributed by atoms with van der Waals surface area (Å²) in [6.07, 6.45) is 4.84. The fourth-order valence-corrected chi connectivity index (χ4v) is 6.03. The Bertz CT molecular complexity index is 1760. The van der Waals surface area contributed by atoms with Crippen LogP contribution >= 0.6 is 11.3 Å². The second kappa shape index (κ2) is 10.9. The standard InChI is InChI=1S/C31H26F2N4O3S/c1-36-12-11-19-14-21(17-34-29(19)36)24-10-7-22(32)16-25(24)27-28(33)41-31(35-27)37(23-8-9-23)30(40)20(15-26(38)39)13-18-5-3-2-4-6-18/h2-7,10-12,14,16-17,20,23H,8-9,13,15H2,1H3,(H,38,39)/t20-/m1/s1. The van der Waals surface area contributed by atoms with Crippen LogP contribution in [0.5, 0.6) is 0 Å². The highest BCUT2D eigenvalue weighted by Crippen LogP contribution is 2.41. The van der Waals surface area contributed by atoms with E-state index in [1.54, 1.807) is 12.3 Å². The van der Waals surface area contributed by atoms with E-state index in [4.69, 9.17) is 0 Å². The first-order chi connectivity index (χ1) is 19.8. The third-order valence-corrected chi connectivity index (χ3v) is 8.12. The second-order valence-corrected chi connectivity index (χ2v) is 11.2. The largest absolute Gasteiger partial charge is 0.481 e. The van der Waals surface area contributed by atoms with Crippen LogP contribution < -0.4 is 4.90 Å². The fourth-order valence-electron chi connectivity index (χ4n) is 5.14. The van der Waals surface area contributed by atoms with Crippen molar-refractivity contribution in [2.45, 2.75) is 31.7 Å². The number of benzene rings is 2. The quantitative estimate of drug-likeness (QED) is 0.219. The van der Waals surface area contributed by atoms with Crippen LogP contribution in [0.3, 0.4) is 0 Å². The number of amides is 1. The lowest BCUT2D eigenvalue weighted by Gasteiger charge is -2.24. The van der Waals surface area contributed by atoms with Gasteiger partial charge < -0.3 is 9.67 Å². The van der Waals surface area contributed by atoms with Gasteiger partial charge in [0, 0.05) is 42.0 Å². The van der Waals surface area contributed by atoms with E-state index in [2.05, 4.69) is 9.97 Å². The Kier molecular flexibility index (Phi) is 7.08. The van der Waals surface area contributed by atoms with Crippen LogP contribution in [0.15, 0.2) is 73.1 Å². The molecule has 1 N–H and O–H groups in total. The van der Waals surface area contributed by atoms with Gasteiger partial charge >= 0.3 is 5.97 Å². The normalized spacial score (nSPS) is 13.8. The number of carbonyl (C=O) groups excluding carboxylic acids is 1. The van der Waals surface area contributed by atoms with Gasteiger partial charge in [0.25, 0.3) is 0 Å². The molecular weight excluding hydrogens is 546 g/mol. The fraction of sp³-hybridized carbons (Fsp3) is 0.226. The highest BCUT2D eigenvalue weighted by molar-refractivity contribution is 7.14. The SMILES string of the molecule is Cn1ccc2cc(-c3ccc(F)cc3-c3nc(N(C(=O)[C@@H](CC(=O)O)Cc4ccccc4)C4CC4)sc3F)cnc21. The molecule has 1 fully saturated rings. The molecule has 7 nitrogen and oxygen atoms in total. The number of carboxylic acid groups (broad SMARTS) is 1. The maximum atomic E-state index is 15.6. The van der Waals surface area contributed by atoms with Gasteiger partial charge in [0.05, 0.1) is 12.3 Å². The molecule has 1 saturated carbocycles. The number of aliphatic carboxylic acids is 1. The molecular formula is C31H26F2N4O3S. The van der Waals surface area contributed by atoms with Crippen molar-refractivity contribution < 1.29 is 23.5 Å². The number of thiazole rings is 1. The number of hydrogen-bond donors (Lipinski definition) is 1. The Morgan fingerprint density at radius 2 is 1.88 bits per heavy atom. The van der Waals surface area contributed by atoms with Gasteiger partial charge in [-0.15, -0.1) is 0 Å². The van der Waals surface area contributed by atoms with Crippen LogP contribution in [0.4, 0.5) is 13.9 Å². The summed E-state index contributed by atoms with van der Waals surface area (Å²) < 4.78 is 32.0. The van der Waals surface area contributed by atoms with Crippen LogP contribution in [0.1, 0.15) is 24.8 Å². The molecule has 3 aromatic heterocycles. The molecule has 1 aliphatic carbocycles. The number of pyridine rings is 1. The number of halogens is 2. The smallest absolute Gasteiger partial charge is 0.304 e. The maximum absolute atomic E-state index is 15.6. The van der Waals surface area contributed by atoms with E-state index in [9.17, 15) is 19.1 Å². The highest BCUT2D eigenvalue weighted by Gasteiger charge is 2.40. The Morgan fingerprint density at radius 3 is 2.61 bits per heavy atom. The number of aryl methyl sites for hydroxylation is 1. The summed E-state index contributed by atoms with van der Waals surface area (Å²) in [5, 5.41) is 9.93. The lowest BCUT2D eigenvalue weighted by Crippen LogP contribution is -2.39. The predicted molar refractivity (Wildman–Crippen MR) is 154 cm³/mol. The van der Waals surface area contributed by atoms with Crippen LogP contribution in [0.2, 0.25) is 0 Å². The van der Waals surface area contributed by atoms with Crippen molar-refractivity contribution >= 4 is 39.4 Å². The Morgan fingerprint density at radius 1 is 1.10 bits per heavy atom. The third kappa shape index (κ3) is 5.47. The first-order valence-corrected chi connectivity index (χ1v) is 14.1. The van der Waals surface area contributed by atoms with Gasteiger partial charge in [-0.05, 0) is 54.7 Å². The number of rotatable bonds is 9. The first kappa shape index (κ1) is 26.8. The molecule has 1 aliphatic rings. The lowest BCUT2D eigenvalue weighted by atomic mass is 9.94. The minimum atomic E-state index is -1.09. The lowest BCUT2D eigenvalue weighted by molar-refractivity contribution is -0.140. The van der Waals surface area contributed by atoms with Gasteiger partial charge in [0.2, 0.25) is 11.0 Å². The van der Waals surface area contributed by atoms with Crippen LogP contribution in [0.25, 0.3) is 33.4 Å². The van der Waals surface area contributed by atoms with E-state index >= 15 is 4.39 Å². The van der Waals surface area contributed by atoms with E-state index in [1.807, 2.05) is 60.3 Å². The zero-order valence-electron chi connectivity index (χ0n) is 22.1. The van der Waals surface area contributed by atoms with Gasteiger partial charge in [-0.25, -0.2) is 14.4 Å². The van der Waals surface area contributed by atoms with E-state index < -0.39 is 28.7 Å². The molecule has 2 aromatic carbocycles. The molecule has 0 unspecified atom stereocenters. The predicted octanol–water partition coefficient (Wildman–Crippen LogP) is 6.47. The molecule has 0 aliphatic heterocycles. The van der Waals surface area contributed by atoms with E-state index in [-0.39, 0.29) is 35.3 Å². The van der Waals surface area contributed by atoms with Crippen molar-refractivity contribution in [2.24, 2.45) is 13.0 Å². The zero-order valence-corrected chi connectivity index (χ0v) is 22.9. The summed E-state index contributed by atoms with van der Waals surface area (Å²) in [4.78, 5) is 36.0. The van der Waals surface area contributed by atoms with Gasteiger partial charge in [-0.2, -0.15) is 4.39 Å². The molecule has 3 heterocycles. The van der Waals surface area contributed by atoms with Gasteiger partial charge in [-0.3, -0.25) is 14.5 Å². The highest BCUT2D eigenvalue weighted by atomic mass is 32.1. The number of hydrogen-bond acceptors (Lipinski definition) is 5. The average Bonchev–Trinajstić information content (AvgIpc) is 3.61. The number of carboxylic acids is 1.